The lowest BCUT2D eigenvalue weighted by atomic mass is 9.82. The molecule has 1 saturated heterocycles. The van der Waals surface area contributed by atoms with Gasteiger partial charge in [0, 0.05) is 12.5 Å². The van der Waals surface area contributed by atoms with E-state index in [1.165, 1.54) is 17.7 Å². The predicted octanol–water partition coefficient (Wildman–Crippen LogP) is 7.86. The molecule has 202 valence electrons. The van der Waals surface area contributed by atoms with E-state index < -0.39 is 11.7 Å². The monoisotopic (exact) mass is 523 g/mol. The molecule has 1 heterocycles. The number of benzene rings is 3. The molecule has 0 spiro atoms. The molecule has 1 aliphatic heterocycles. The van der Waals surface area contributed by atoms with Crippen molar-refractivity contribution >= 4 is 5.91 Å². The Morgan fingerprint density at radius 3 is 2.26 bits per heavy atom. The molecule has 3 atom stereocenters. The van der Waals surface area contributed by atoms with E-state index >= 15 is 0 Å². The van der Waals surface area contributed by atoms with Crippen LogP contribution in [0.4, 0.5) is 13.2 Å². The van der Waals surface area contributed by atoms with Crippen molar-refractivity contribution in [1.29, 1.82) is 0 Å². The summed E-state index contributed by atoms with van der Waals surface area (Å²) in [6.45, 7) is 7.15. The van der Waals surface area contributed by atoms with E-state index in [1.54, 1.807) is 0 Å². The van der Waals surface area contributed by atoms with Crippen LogP contribution in [0.2, 0.25) is 0 Å². The molecule has 0 N–H and O–H groups in total. The Balaban J connectivity index is 1.60. The van der Waals surface area contributed by atoms with Crippen molar-refractivity contribution in [3.63, 3.8) is 0 Å². The quantitative estimate of drug-likeness (QED) is 0.301. The van der Waals surface area contributed by atoms with E-state index in [0.717, 1.165) is 42.5 Å². The van der Waals surface area contributed by atoms with Gasteiger partial charge in [0.2, 0.25) is 5.91 Å². The number of likely N-dealkylation sites (tertiary alicyclic amines) is 1. The van der Waals surface area contributed by atoms with Gasteiger partial charge in [-0.1, -0.05) is 68.4 Å². The smallest absolute Gasteiger partial charge is 0.416 e. The van der Waals surface area contributed by atoms with Crippen molar-refractivity contribution < 1.29 is 22.7 Å². The van der Waals surface area contributed by atoms with Gasteiger partial charge in [-0.3, -0.25) is 4.79 Å². The summed E-state index contributed by atoms with van der Waals surface area (Å²) in [4.78, 5) is 16.0. The highest BCUT2D eigenvalue weighted by Gasteiger charge is 2.38. The van der Waals surface area contributed by atoms with Crippen LogP contribution in [-0.2, 0) is 17.4 Å². The Bertz CT molecular complexity index is 1190. The number of nitrogens with zero attached hydrogens (tertiary/aromatic N) is 1. The first kappa shape index (κ1) is 27.7. The zero-order valence-corrected chi connectivity index (χ0v) is 22.2. The largest absolute Gasteiger partial charge is 0.491 e. The van der Waals surface area contributed by atoms with Gasteiger partial charge >= 0.3 is 6.18 Å². The highest BCUT2D eigenvalue weighted by molar-refractivity contribution is 5.84. The topological polar surface area (TPSA) is 29.5 Å². The normalized spacial score (nSPS) is 18.9. The van der Waals surface area contributed by atoms with Crippen molar-refractivity contribution in [3.8, 4) is 5.75 Å². The maximum absolute atomic E-state index is 14.0. The second-order valence-electron chi connectivity index (χ2n) is 10.6. The minimum absolute atomic E-state index is 0.0582. The fraction of sp³-hybridized carbons (Fsp3) is 0.406. The molecule has 1 fully saturated rings. The Kier molecular flexibility index (Phi) is 8.80. The highest BCUT2D eigenvalue weighted by Crippen LogP contribution is 2.36. The number of carbonyl (C=O) groups excluding carboxylic acids is 1. The summed E-state index contributed by atoms with van der Waals surface area (Å²) >= 11 is 0. The molecule has 3 unspecified atom stereocenters. The van der Waals surface area contributed by atoms with E-state index in [0.29, 0.717) is 18.2 Å². The summed E-state index contributed by atoms with van der Waals surface area (Å²) in [5, 5.41) is 0. The van der Waals surface area contributed by atoms with Gasteiger partial charge in [-0.25, -0.2) is 0 Å². The van der Waals surface area contributed by atoms with E-state index in [-0.39, 0.29) is 30.4 Å². The van der Waals surface area contributed by atoms with Gasteiger partial charge in [0.1, 0.15) is 12.4 Å². The number of rotatable bonds is 8. The third-order valence-corrected chi connectivity index (χ3v) is 7.41. The Labute approximate surface area is 223 Å². The van der Waals surface area contributed by atoms with Gasteiger partial charge in [0.05, 0.1) is 17.5 Å². The average Bonchev–Trinajstić information content (AvgIpc) is 2.91. The van der Waals surface area contributed by atoms with Crippen LogP contribution in [0.25, 0.3) is 0 Å². The van der Waals surface area contributed by atoms with Gasteiger partial charge in [-0.05, 0) is 73.1 Å². The van der Waals surface area contributed by atoms with Crippen molar-refractivity contribution in [2.45, 2.75) is 64.1 Å². The molecule has 1 aliphatic rings. The number of ether oxygens (including phenoxy) is 1. The fourth-order valence-corrected chi connectivity index (χ4v) is 5.51. The third kappa shape index (κ3) is 6.58. The molecular formula is C32H36F3NO2. The van der Waals surface area contributed by atoms with Gasteiger partial charge in [-0.2, -0.15) is 13.2 Å². The summed E-state index contributed by atoms with van der Waals surface area (Å²) in [5.41, 5.74) is 2.67. The minimum Gasteiger partial charge on any atom is -0.491 e. The first-order valence-electron chi connectivity index (χ1n) is 13.4. The van der Waals surface area contributed by atoms with Crippen LogP contribution < -0.4 is 4.74 Å². The zero-order chi connectivity index (χ0) is 27.3. The molecule has 38 heavy (non-hydrogen) atoms. The van der Waals surface area contributed by atoms with E-state index in [4.69, 9.17) is 4.74 Å². The Morgan fingerprint density at radius 1 is 0.947 bits per heavy atom. The fourth-order valence-electron chi connectivity index (χ4n) is 5.51. The van der Waals surface area contributed by atoms with E-state index in [9.17, 15) is 18.0 Å². The third-order valence-electron chi connectivity index (χ3n) is 7.41. The van der Waals surface area contributed by atoms with Gasteiger partial charge in [-0.15, -0.1) is 0 Å². The summed E-state index contributed by atoms with van der Waals surface area (Å²) in [6, 6.07) is 22.8. The summed E-state index contributed by atoms with van der Waals surface area (Å²) < 4.78 is 45.1. The lowest BCUT2D eigenvalue weighted by Crippen LogP contribution is -2.51. The SMILES string of the molecule is CC(C)Cc1ccccc1C(C)C(=O)N1CCCC(c2ccccc2)C1COc1ccc(C(F)(F)F)cc1. The van der Waals surface area contributed by atoms with Crippen molar-refractivity contribution in [2.75, 3.05) is 13.2 Å². The Hall–Kier alpha value is -3.28. The van der Waals surface area contributed by atoms with Crippen molar-refractivity contribution in [2.24, 2.45) is 5.92 Å². The molecule has 1 amide bonds. The molecule has 3 aromatic carbocycles. The van der Waals surface area contributed by atoms with Crippen LogP contribution in [0.1, 0.15) is 67.7 Å². The second kappa shape index (κ2) is 12.1. The molecule has 4 rings (SSSR count). The molecule has 0 radical (unpaired) electrons. The molecular weight excluding hydrogens is 487 g/mol. The Morgan fingerprint density at radius 2 is 1.61 bits per heavy atom. The van der Waals surface area contributed by atoms with Crippen LogP contribution in [0.5, 0.6) is 5.75 Å². The second-order valence-corrected chi connectivity index (χ2v) is 10.6. The van der Waals surface area contributed by atoms with Crippen LogP contribution in [0.15, 0.2) is 78.9 Å². The summed E-state index contributed by atoms with van der Waals surface area (Å²) in [5.74, 6) is 0.649. The van der Waals surface area contributed by atoms with Gasteiger partial charge in [0.25, 0.3) is 0 Å². The minimum atomic E-state index is -4.40. The number of alkyl halides is 3. The maximum atomic E-state index is 14.0. The van der Waals surface area contributed by atoms with E-state index in [1.807, 2.05) is 48.2 Å². The molecule has 0 saturated carbocycles. The molecule has 6 heteroatoms. The van der Waals surface area contributed by atoms with Gasteiger partial charge < -0.3 is 9.64 Å². The molecule has 0 aromatic heterocycles. The van der Waals surface area contributed by atoms with E-state index in [2.05, 4.69) is 32.0 Å². The van der Waals surface area contributed by atoms with Crippen LogP contribution >= 0.6 is 0 Å². The maximum Gasteiger partial charge on any atom is 0.416 e. The number of halogens is 3. The van der Waals surface area contributed by atoms with Crippen LogP contribution in [0.3, 0.4) is 0 Å². The number of carbonyl (C=O) groups is 1. The zero-order valence-electron chi connectivity index (χ0n) is 22.2. The summed E-state index contributed by atoms with van der Waals surface area (Å²) in [6.07, 6.45) is -1.71. The predicted molar refractivity (Wildman–Crippen MR) is 144 cm³/mol. The first-order valence-corrected chi connectivity index (χ1v) is 13.4. The lowest BCUT2D eigenvalue weighted by molar-refractivity contribution is -0.138. The first-order chi connectivity index (χ1) is 18.1. The molecule has 3 nitrogen and oxygen atoms in total. The number of piperidine rings is 1. The lowest BCUT2D eigenvalue weighted by Gasteiger charge is -2.42. The summed E-state index contributed by atoms with van der Waals surface area (Å²) in [7, 11) is 0. The van der Waals surface area contributed by atoms with Gasteiger partial charge in [0.15, 0.2) is 0 Å². The number of amides is 1. The van der Waals surface area contributed by atoms with Crippen molar-refractivity contribution in [1.82, 2.24) is 4.90 Å². The number of hydrogen-bond acceptors (Lipinski definition) is 2. The highest BCUT2D eigenvalue weighted by atomic mass is 19.4. The van der Waals surface area contributed by atoms with Crippen LogP contribution in [-0.4, -0.2) is 30.0 Å². The molecule has 3 aromatic rings. The average molecular weight is 524 g/mol. The van der Waals surface area contributed by atoms with Crippen molar-refractivity contribution in [3.05, 3.63) is 101 Å². The molecule has 0 bridgehead atoms. The number of hydrogen-bond donors (Lipinski definition) is 0. The molecule has 0 aliphatic carbocycles. The van der Waals surface area contributed by atoms with Crippen LogP contribution in [0, 0.1) is 5.92 Å². The standard InChI is InChI=1S/C32H36F3NO2/c1-22(2)20-25-12-7-8-13-28(25)23(3)31(37)36-19-9-14-29(24-10-5-4-6-11-24)30(36)21-38-27-17-15-26(16-18-27)32(33,34)35/h4-8,10-13,15-18,22-23,29-30H,9,14,19-21H2,1-3H3.